The molecule has 0 bridgehead atoms. The van der Waals surface area contributed by atoms with Crippen LogP contribution >= 0.6 is 15.9 Å². The lowest BCUT2D eigenvalue weighted by Crippen LogP contribution is -2.05. The molecular formula is C12H14BrN3. The van der Waals surface area contributed by atoms with E-state index >= 15 is 0 Å². The molecule has 0 aliphatic rings. The van der Waals surface area contributed by atoms with E-state index in [1.165, 1.54) is 0 Å². The lowest BCUT2D eigenvalue weighted by Gasteiger charge is -2.03. The Bertz CT molecular complexity index is 500. The zero-order valence-electron chi connectivity index (χ0n) is 9.37. The molecule has 1 aromatic heterocycles. The maximum Gasteiger partial charge on any atom is 0.106 e. The van der Waals surface area contributed by atoms with E-state index < -0.39 is 0 Å². The molecule has 2 N–H and O–H groups in total. The van der Waals surface area contributed by atoms with Crippen LogP contribution in [-0.2, 0) is 13.6 Å². The summed E-state index contributed by atoms with van der Waals surface area (Å²) >= 11 is 3.42. The standard InChI is InChI=1S/C12H14BrN3/c1-8-15-12(11(7-14)16(8)2)9-3-5-10(13)6-4-9/h3-6H,7,14H2,1-2H3. The molecule has 0 spiro atoms. The fourth-order valence-electron chi connectivity index (χ4n) is 1.73. The highest BCUT2D eigenvalue weighted by Crippen LogP contribution is 2.24. The van der Waals surface area contributed by atoms with Crippen LogP contribution < -0.4 is 5.73 Å². The normalized spacial score (nSPS) is 10.8. The van der Waals surface area contributed by atoms with Gasteiger partial charge in [0.15, 0.2) is 0 Å². The van der Waals surface area contributed by atoms with Gasteiger partial charge in [-0.1, -0.05) is 28.1 Å². The van der Waals surface area contributed by atoms with Crippen LogP contribution in [0.2, 0.25) is 0 Å². The molecule has 16 heavy (non-hydrogen) atoms. The molecule has 1 heterocycles. The molecule has 0 aliphatic heterocycles. The fraction of sp³-hybridized carbons (Fsp3) is 0.250. The van der Waals surface area contributed by atoms with Crippen molar-refractivity contribution in [3.63, 3.8) is 0 Å². The van der Waals surface area contributed by atoms with Gasteiger partial charge in [0.2, 0.25) is 0 Å². The van der Waals surface area contributed by atoms with E-state index in [2.05, 4.69) is 20.9 Å². The number of aryl methyl sites for hydroxylation is 1. The van der Waals surface area contributed by atoms with Crippen LogP contribution in [0.15, 0.2) is 28.7 Å². The second-order valence-corrected chi connectivity index (χ2v) is 4.64. The first-order chi connectivity index (χ1) is 7.63. The average Bonchev–Trinajstić information content (AvgIpc) is 2.56. The lowest BCUT2D eigenvalue weighted by atomic mass is 10.1. The first kappa shape index (κ1) is 11.4. The number of aromatic nitrogens is 2. The number of rotatable bonds is 2. The quantitative estimate of drug-likeness (QED) is 0.919. The average molecular weight is 280 g/mol. The summed E-state index contributed by atoms with van der Waals surface area (Å²) in [5, 5.41) is 0. The zero-order chi connectivity index (χ0) is 11.7. The van der Waals surface area contributed by atoms with Gasteiger partial charge >= 0.3 is 0 Å². The van der Waals surface area contributed by atoms with Crippen molar-refractivity contribution in [1.29, 1.82) is 0 Å². The van der Waals surface area contributed by atoms with Crippen molar-refractivity contribution >= 4 is 15.9 Å². The number of halogens is 1. The predicted octanol–water partition coefficient (Wildman–Crippen LogP) is 2.62. The van der Waals surface area contributed by atoms with Gasteiger partial charge in [0, 0.05) is 23.6 Å². The van der Waals surface area contributed by atoms with Crippen LogP contribution in [0.1, 0.15) is 11.5 Å². The Kier molecular flexibility index (Phi) is 3.12. The van der Waals surface area contributed by atoms with Crippen molar-refractivity contribution in [2.45, 2.75) is 13.5 Å². The molecule has 0 atom stereocenters. The van der Waals surface area contributed by atoms with Gasteiger partial charge in [-0.3, -0.25) is 0 Å². The van der Waals surface area contributed by atoms with Gasteiger partial charge in [0.1, 0.15) is 5.82 Å². The number of nitrogens with two attached hydrogens (primary N) is 1. The highest BCUT2D eigenvalue weighted by Gasteiger charge is 2.12. The van der Waals surface area contributed by atoms with Crippen LogP contribution in [0.25, 0.3) is 11.3 Å². The van der Waals surface area contributed by atoms with Gasteiger partial charge in [0.05, 0.1) is 11.4 Å². The molecule has 0 radical (unpaired) electrons. The van der Waals surface area contributed by atoms with E-state index in [0.717, 1.165) is 27.2 Å². The summed E-state index contributed by atoms with van der Waals surface area (Å²) in [5.41, 5.74) is 8.92. The van der Waals surface area contributed by atoms with Gasteiger partial charge in [0.25, 0.3) is 0 Å². The van der Waals surface area contributed by atoms with Crippen LogP contribution in [0.5, 0.6) is 0 Å². The fourth-order valence-corrected chi connectivity index (χ4v) is 1.99. The Morgan fingerprint density at radius 2 is 1.94 bits per heavy atom. The summed E-state index contributed by atoms with van der Waals surface area (Å²) in [6.45, 7) is 2.49. The number of imidazole rings is 1. The third-order valence-corrected chi connectivity index (χ3v) is 3.28. The minimum Gasteiger partial charge on any atom is -0.334 e. The van der Waals surface area contributed by atoms with Crippen LogP contribution in [0.3, 0.4) is 0 Å². The molecule has 0 fully saturated rings. The molecule has 0 unspecified atom stereocenters. The van der Waals surface area contributed by atoms with Crippen molar-refractivity contribution in [3.8, 4) is 11.3 Å². The van der Waals surface area contributed by atoms with Gasteiger partial charge in [-0.05, 0) is 19.1 Å². The van der Waals surface area contributed by atoms with Crippen molar-refractivity contribution in [2.75, 3.05) is 0 Å². The van der Waals surface area contributed by atoms with E-state index in [1.54, 1.807) is 0 Å². The van der Waals surface area contributed by atoms with Crippen LogP contribution in [-0.4, -0.2) is 9.55 Å². The maximum absolute atomic E-state index is 5.76. The molecule has 0 saturated heterocycles. The molecule has 2 rings (SSSR count). The number of hydrogen-bond acceptors (Lipinski definition) is 2. The number of hydrogen-bond donors (Lipinski definition) is 1. The Hall–Kier alpha value is -1.13. The molecule has 0 saturated carbocycles. The molecule has 1 aromatic carbocycles. The summed E-state index contributed by atoms with van der Waals surface area (Å²) in [5.74, 6) is 0.985. The molecule has 0 amide bonds. The molecule has 3 nitrogen and oxygen atoms in total. The van der Waals surface area contributed by atoms with Crippen molar-refractivity contribution in [2.24, 2.45) is 12.8 Å². The molecule has 2 aromatic rings. The summed E-state index contributed by atoms with van der Waals surface area (Å²) in [4.78, 5) is 4.55. The van der Waals surface area contributed by atoms with E-state index in [9.17, 15) is 0 Å². The SMILES string of the molecule is Cc1nc(-c2ccc(Br)cc2)c(CN)n1C. The Balaban J connectivity index is 2.55. The van der Waals surface area contributed by atoms with E-state index in [-0.39, 0.29) is 0 Å². The zero-order valence-corrected chi connectivity index (χ0v) is 11.0. The third-order valence-electron chi connectivity index (χ3n) is 2.75. The molecule has 84 valence electrons. The summed E-state index contributed by atoms with van der Waals surface area (Å²) in [6.07, 6.45) is 0. The Labute approximate surface area is 103 Å². The molecule has 0 aliphatic carbocycles. The Morgan fingerprint density at radius 1 is 1.31 bits per heavy atom. The first-order valence-electron chi connectivity index (χ1n) is 5.11. The van der Waals surface area contributed by atoms with Gasteiger partial charge < -0.3 is 10.3 Å². The lowest BCUT2D eigenvalue weighted by molar-refractivity contribution is 0.789. The smallest absolute Gasteiger partial charge is 0.106 e. The summed E-state index contributed by atoms with van der Waals surface area (Å²) < 4.78 is 3.11. The summed E-state index contributed by atoms with van der Waals surface area (Å²) in [6, 6.07) is 8.12. The molecule has 4 heteroatoms. The second-order valence-electron chi connectivity index (χ2n) is 3.72. The number of nitrogens with zero attached hydrogens (tertiary/aromatic N) is 2. The topological polar surface area (TPSA) is 43.8 Å². The van der Waals surface area contributed by atoms with Crippen molar-refractivity contribution < 1.29 is 0 Å². The molecular weight excluding hydrogens is 266 g/mol. The van der Waals surface area contributed by atoms with Crippen molar-refractivity contribution in [3.05, 3.63) is 40.3 Å². The van der Waals surface area contributed by atoms with E-state index in [1.807, 2.05) is 42.8 Å². The third kappa shape index (κ3) is 1.90. The highest BCUT2D eigenvalue weighted by atomic mass is 79.9. The van der Waals surface area contributed by atoms with Gasteiger partial charge in [-0.25, -0.2) is 4.98 Å². The van der Waals surface area contributed by atoms with E-state index in [0.29, 0.717) is 6.54 Å². The first-order valence-corrected chi connectivity index (χ1v) is 5.91. The van der Waals surface area contributed by atoms with Crippen molar-refractivity contribution in [1.82, 2.24) is 9.55 Å². The minimum atomic E-state index is 0.503. The van der Waals surface area contributed by atoms with Gasteiger partial charge in [-0.15, -0.1) is 0 Å². The van der Waals surface area contributed by atoms with Gasteiger partial charge in [-0.2, -0.15) is 0 Å². The number of benzene rings is 1. The summed E-state index contributed by atoms with van der Waals surface area (Å²) in [7, 11) is 1.99. The predicted molar refractivity (Wildman–Crippen MR) is 69.0 cm³/mol. The van der Waals surface area contributed by atoms with Crippen LogP contribution in [0, 0.1) is 6.92 Å². The minimum absolute atomic E-state index is 0.503. The highest BCUT2D eigenvalue weighted by molar-refractivity contribution is 9.10. The Morgan fingerprint density at radius 3 is 2.50 bits per heavy atom. The largest absolute Gasteiger partial charge is 0.334 e. The monoisotopic (exact) mass is 279 g/mol. The second kappa shape index (κ2) is 4.39. The maximum atomic E-state index is 5.76. The van der Waals surface area contributed by atoms with E-state index in [4.69, 9.17) is 5.73 Å². The van der Waals surface area contributed by atoms with Crippen LogP contribution in [0.4, 0.5) is 0 Å².